The molecule has 3 aromatic rings. The van der Waals surface area contributed by atoms with Crippen LogP contribution in [0.4, 0.5) is 19.0 Å². The smallest absolute Gasteiger partial charge is 0.397 e. The Hall–Kier alpha value is -3.40. The van der Waals surface area contributed by atoms with Crippen LogP contribution in [-0.2, 0) is 17.1 Å². The van der Waals surface area contributed by atoms with E-state index in [4.69, 9.17) is 9.72 Å². The number of ether oxygens (including phenoxy) is 1. The number of alkyl halides is 3. The SMILES string of the molecule is Cc1nn(C)cc1S(=O)(=O)NC(=O)c1ccc(-n2ccc(OCC(C)(C)C(F)(F)F)n2)nc1N1C[C@@H](C)CC1CC[Si](C)C. The maximum atomic E-state index is 13.6. The minimum atomic E-state index is -4.45. The molecule has 11 nitrogen and oxygen atoms in total. The molecule has 44 heavy (non-hydrogen) atoms. The number of hydrogen-bond acceptors (Lipinski definition) is 8. The second-order valence-corrected chi connectivity index (χ2v) is 17.0. The maximum absolute atomic E-state index is 13.6. The monoisotopic (exact) mass is 654 g/mol. The molecular formula is C28H39F3N7O4SSi. The molecule has 4 heterocycles. The van der Waals surface area contributed by atoms with Gasteiger partial charge in [0.1, 0.15) is 17.3 Å². The van der Waals surface area contributed by atoms with E-state index in [1.807, 2.05) is 0 Å². The molecule has 2 atom stereocenters. The third-order valence-electron chi connectivity index (χ3n) is 7.61. The number of amides is 1. The first-order chi connectivity index (χ1) is 20.4. The molecule has 0 aromatic carbocycles. The summed E-state index contributed by atoms with van der Waals surface area (Å²) in [6.45, 7) is 10.2. The normalized spacial score (nSPS) is 17.8. The van der Waals surface area contributed by atoms with E-state index in [9.17, 15) is 26.4 Å². The van der Waals surface area contributed by atoms with Crippen LogP contribution in [0, 0.1) is 18.3 Å². The van der Waals surface area contributed by atoms with Crippen molar-refractivity contribution in [3.63, 3.8) is 0 Å². The van der Waals surface area contributed by atoms with E-state index in [1.54, 1.807) is 14.0 Å². The van der Waals surface area contributed by atoms with Crippen molar-refractivity contribution in [3.05, 3.63) is 41.9 Å². The van der Waals surface area contributed by atoms with Crippen LogP contribution in [0.1, 0.15) is 49.7 Å². The zero-order valence-electron chi connectivity index (χ0n) is 25.9. The second kappa shape index (κ2) is 12.5. The molecule has 241 valence electrons. The lowest BCUT2D eigenvalue weighted by atomic mass is 9.94. The third kappa shape index (κ3) is 7.45. The van der Waals surface area contributed by atoms with Gasteiger partial charge in [0.2, 0.25) is 5.88 Å². The van der Waals surface area contributed by atoms with Gasteiger partial charge in [-0.1, -0.05) is 26.1 Å². The van der Waals surface area contributed by atoms with Crippen molar-refractivity contribution < 1.29 is 31.1 Å². The average molecular weight is 655 g/mol. The van der Waals surface area contributed by atoms with E-state index in [1.165, 1.54) is 40.0 Å². The maximum Gasteiger partial charge on any atom is 0.397 e. The fraction of sp³-hybridized carbons (Fsp3) is 0.571. The van der Waals surface area contributed by atoms with Crippen LogP contribution in [0.25, 0.3) is 5.82 Å². The number of nitrogens with zero attached hydrogens (tertiary/aromatic N) is 6. The van der Waals surface area contributed by atoms with Gasteiger partial charge in [0.25, 0.3) is 15.9 Å². The Morgan fingerprint density at radius 3 is 2.50 bits per heavy atom. The van der Waals surface area contributed by atoms with Crippen molar-refractivity contribution in [2.75, 3.05) is 18.1 Å². The summed E-state index contributed by atoms with van der Waals surface area (Å²) in [5.41, 5.74) is -1.75. The first kappa shape index (κ1) is 33.5. The van der Waals surface area contributed by atoms with Crippen molar-refractivity contribution in [2.45, 2.75) is 76.8 Å². The molecule has 4 rings (SSSR count). The lowest BCUT2D eigenvalue weighted by Gasteiger charge is -2.28. The van der Waals surface area contributed by atoms with Crippen molar-refractivity contribution in [1.82, 2.24) is 29.3 Å². The predicted octanol–water partition coefficient (Wildman–Crippen LogP) is 4.75. The van der Waals surface area contributed by atoms with Gasteiger partial charge in [-0.05, 0) is 51.7 Å². The molecule has 3 aromatic heterocycles. The molecule has 0 bridgehead atoms. The number of sulfonamides is 1. The van der Waals surface area contributed by atoms with E-state index in [0.717, 1.165) is 32.7 Å². The van der Waals surface area contributed by atoms with Crippen molar-refractivity contribution >= 4 is 30.5 Å². The van der Waals surface area contributed by atoms with Gasteiger partial charge in [-0.2, -0.15) is 18.3 Å². The molecule has 16 heteroatoms. The van der Waals surface area contributed by atoms with Gasteiger partial charge < -0.3 is 9.64 Å². The fourth-order valence-corrected chi connectivity index (χ4v) is 7.12. The van der Waals surface area contributed by atoms with Crippen LogP contribution in [0.3, 0.4) is 0 Å². The highest BCUT2D eigenvalue weighted by Gasteiger charge is 2.48. The third-order valence-corrected chi connectivity index (χ3v) is 10.3. The van der Waals surface area contributed by atoms with Crippen LogP contribution < -0.4 is 14.4 Å². The van der Waals surface area contributed by atoms with Crippen molar-refractivity contribution in [1.29, 1.82) is 0 Å². The number of carbonyl (C=O) groups excluding carboxylic acids is 1. The summed E-state index contributed by atoms with van der Waals surface area (Å²) in [7, 11) is -3.15. The highest BCUT2D eigenvalue weighted by molar-refractivity contribution is 7.90. The second-order valence-electron chi connectivity index (χ2n) is 12.4. The van der Waals surface area contributed by atoms with Gasteiger partial charge in [-0.25, -0.2) is 22.8 Å². The minimum absolute atomic E-state index is 0.0151. The Kier molecular flexibility index (Phi) is 9.54. The molecule has 1 unspecified atom stereocenters. The summed E-state index contributed by atoms with van der Waals surface area (Å²) in [6, 6.07) is 5.58. The molecule has 1 radical (unpaired) electrons. The fourth-order valence-electron chi connectivity index (χ4n) is 5.02. The van der Waals surface area contributed by atoms with E-state index in [2.05, 4.69) is 39.8 Å². The molecule has 1 N–H and O–H groups in total. The Bertz CT molecular complexity index is 1600. The zero-order valence-corrected chi connectivity index (χ0v) is 27.8. The summed E-state index contributed by atoms with van der Waals surface area (Å²) in [5.74, 6) is 0.0641. The predicted molar refractivity (Wildman–Crippen MR) is 161 cm³/mol. The van der Waals surface area contributed by atoms with E-state index < -0.39 is 42.9 Å². The number of anilines is 1. The number of rotatable bonds is 11. The average Bonchev–Trinajstić information content (AvgIpc) is 3.63. The minimum Gasteiger partial charge on any atom is -0.476 e. The Morgan fingerprint density at radius 2 is 1.89 bits per heavy atom. The molecule has 1 aliphatic heterocycles. The van der Waals surface area contributed by atoms with Gasteiger partial charge in [-0.3, -0.25) is 9.48 Å². The number of halogens is 3. The summed E-state index contributed by atoms with van der Waals surface area (Å²) in [4.78, 5) is 20.3. The number of carbonyl (C=O) groups is 1. The number of aryl methyl sites for hydroxylation is 2. The lowest BCUT2D eigenvalue weighted by Crippen LogP contribution is -2.37. The lowest BCUT2D eigenvalue weighted by molar-refractivity contribution is -0.219. The van der Waals surface area contributed by atoms with Gasteiger partial charge in [0, 0.05) is 46.9 Å². The molecule has 0 saturated carbocycles. The number of hydrogen-bond donors (Lipinski definition) is 1. The first-order valence-electron chi connectivity index (χ1n) is 14.3. The first-order valence-corrected chi connectivity index (χ1v) is 18.5. The highest BCUT2D eigenvalue weighted by Crippen LogP contribution is 2.38. The topological polar surface area (TPSA) is 124 Å². The Balaban J connectivity index is 1.69. The van der Waals surface area contributed by atoms with Crippen LogP contribution in [0.5, 0.6) is 5.88 Å². The summed E-state index contributed by atoms with van der Waals surface area (Å²) < 4.78 is 76.4. The van der Waals surface area contributed by atoms with Crippen LogP contribution in [0.2, 0.25) is 19.1 Å². The number of aromatic nitrogens is 5. The Morgan fingerprint density at radius 1 is 1.18 bits per heavy atom. The molecule has 1 saturated heterocycles. The van der Waals surface area contributed by atoms with Gasteiger partial charge >= 0.3 is 6.18 Å². The van der Waals surface area contributed by atoms with Crippen LogP contribution >= 0.6 is 0 Å². The van der Waals surface area contributed by atoms with Gasteiger partial charge in [-0.15, -0.1) is 5.10 Å². The Labute approximate surface area is 257 Å². The summed E-state index contributed by atoms with van der Waals surface area (Å²) in [5, 5.41) is 8.33. The molecular weight excluding hydrogens is 616 g/mol. The van der Waals surface area contributed by atoms with E-state index >= 15 is 0 Å². The number of nitrogens with one attached hydrogen (secondary N) is 1. The van der Waals surface area contributed by atoms with E-state index in [-0.39, 0.29) is 28.1 Å². The summed E-state index contributed by atoms with van der Waals surface area (Å²) >= 11 is 0. The van der Waals surface area contributed by atoms with Crippen LogP contribution in [0.15, 0.2) is 35.5 Å². The zero-order chi connectivity index (χ0) is 32.6. The van der Waals surface area contributed by atoms with Gasteiger partial charge in [0.15, 0.2) is 5.82 Å². The quantitative estimate of drug-likeness (QED) is 0.294. The largest absolute Gasteiger partial charge is 0.476 e. The highest BCUT2D eigenvalue weighted by atomic mass is 32.2. The summed E-state index contributed by atoms with van der Waals surface area (Å²) in [6.07, 6.45) is 0.175. The molecule has 1 fully saturated rings. The van der Waals surface area contributed by atoms with Crippen molar-refractivity contribution in [2.24, 2.45) is 18.4 Å². The number of pyridine rings is 1. The standard InChI is InChI=1S/C28H39F3N7O4SSi/c1-18-14-20(11-13-44(6)7)37(15-18)25-21(26(39)35-43(40,41)22-16-36(5)33-19(22)2)8-9-23(32-25)38-12-10-24(34-38)42-17-27(3,4)28(29,30)31/h8-10,12,16,18,20H,11,13-15,17H2,1-7H3,(H,35,39)/t18-,20?/m0/s1. The molecule has 0 spiro atoms. The van der Waals surface area contributed by atoms with Crippen LogP contribution in [-0.4, -0.2) is 73.0 Å². The molecule has 1 amide bonds. The van der Waals surface area contributed by atoms with E-state index in [0.29, 0.717) is 24.1 Å². The molecule has 1 aliphatic rings. The van der Waals surface area contributed by atoms with Crippen molar-refractivity contribution in [3.8, 4) is 11.7 Å². The van der Waals surface area contributed by atoms with Gasteiger partial charge in [0.05, 0.1) is 16.7 Å². The molecule has 0 aliphatic carbocycles.